The quantitative estimate of drug-likeness (QED) is 0.384. The number of nitrogens with zero attached hydrogens (tertiary/aromatic N) is 5. The molecule has 1 fully saturated rings. The molecular formula is C29H36F5N7O3. The summed E-state index contributed by atoms with van der Waals surface area (Å²) in [6.45, 7) is 10.1. The lowest BCUT2D eigenvalue weighted by atomic mass is 10.0. The van der Waals surface area contributed by atoms with Crippen molar-refractivity contribution in [3.05, 3.63) is 63.8 Å². The molecule has 0 spiro atoms. The number of nitrogens with one attached hydrogen (secondary N) is 1. The Labute approximate surface area is 251 Å². The van der Waals surface area contributed by atoms with Crippen molar-refractivity contribution < 1.29 is 31.5 Å². The molecule has 1 saturated heterocycles. The van der Waals surface area contributed by atoms with Crippen LogP contribution in [0.25, 0.3) is 11.1 Å². The first kappa shape index (κ1) is 34.4. The maximum absolute atomic E-state index is 16.1. The van der Waals surface area contributed by atoms with Crippen molar-refractivity contribution in [3.8, 4) is 11.1 Å². The number of carbonyl (C=O) groups excluding carboxylic acids is 1. The van der Waals surface area contributed by atoms with Gasteiger partial charge in [-0.05, 0) is 34.7 Å². The van der Waals surface area contributed by atoms with Gasteiger partial charge in [0.1, 0.15) is 11.5 Å². The fourth-order valence-electron chi connectivity index (χ4n) is 4.74. The molecule has 240 valence electrons. The molecule has 0 bridgehead atoms. The molecule has 0 radical (unpaired) electrons. The number of hydrogen-bond acceptors (Lipinski definition) is 8. The summed E-state index contributed by atoms with van der Waals surface area (Å²) in [5.74, 6) is -3.70. The fourth-order valence-corrected chi connectivity index (χ4v) is 4.74. The highest BCUT2D eigenvalue weighted by Gasteiger charge is 2.37. The molecule has 2 atom stereocenters. The number of piperazine rings is 1. The molecule has 10 nitrogen and oxygen atoms in total. The first-order valence-electron chi connectivity index (χ1n) is 13.8. The van der Waals surface area contributed by atoms with Crippen LogP contribution in [0, 0.1) is 11.6 Å². The summed E-state index contributed by atoms with van der Waals surface area (Å²) < 4.78 is 78.3. The Bertz CT molecular complexity index is 1520. The number of alkyl halides is 3. The number of aryl methyl sites for hydroxylation is 1. The zero-order chi connectivity index (χ0) is 32.9. The number of anilines is 3. The number of hydrogen-bond donors (Lipinski definition) is 2. The fraction of sp³-hybridized carbons (Fsp3) is 0.448. The van der Waals surface area contributed by atoms with Crippen LogP contribution in [0.5, 0.6) is 0 Å². The largest absolute Gasteiger partial charge is 0.417 e. The van der Waals surface area contributed by atoms with E-state index in [1.165, 1.54) is 7.05 Å². The first-order chi connectivity index (χ1) is 20.6. The number of rotatable bonds is 6. The number of amides is 1. The number of likely N-dealkylation sites (N-methyl/N-ethyl adjacent to an activating group) is 1. The Morgan fingerprint density at radius 2 is 1.64 bits per heavy atom. The standard InChI is InChI=1S/C25H26F5N7O2.C4H10O/c1-12-9-37(10-13(2)36(12)4)18-6-17(26)20(14-7-32-24(31)33-8-14)21(27)22(18)34-23(39)15-11-35(3)19(38)5-16(15)25(28,29)30;1-3-5-4-2/h5-8,11-13H,9-10H2,1-4H3,(H,34,39)(H2,31,32,33);3-4H2,1-2H3/t12-,13+;. The van der Waals surface area contributed by atoms with Gasteiger partial charge >= 0.3 is 6.18 Å². The van der Waals surface area contributed by atoms with Crippen LogP contribution < -0.4 is 21.5 Å². The van der Waals surface area contributed by atoms with Crippen molar-refractivity contribution in [1.82, 2.24) is 19.4 Å². The summed E-state index contributed by atoms with van der Waals surface area (Å²) in [6.07, 6.45) is -2.15. The Hall–Kier alpha value is -4.11. The highest BCUT2D eigenvalue weighted by molar-refractivity contribution is 6.07. The number of aromatic nitrogens is 3. The Morgan fingerprint density at radius 3 is 2.14 bits per heavy atom. The highest BCUT2D eigenvalue weighted by atomic mass is 19.4. The second-order valence-corrected chi connectivity index (χ2v) is 10.3. The second kappa shape index (κ2) is 14.1. The average Bonchev–Trinajstić information content (AvgIpc) is 2.95. The average molecular weight is 626 g/mol. The molecule has 1 aliphatic rings. The van der Waals surface area contributed by atoms with Gasteiger partial charge in [-0.2, -0.15) is 13.2 Å². The molecule has 0 unspecified atom stereocenters. The Balaban J connectivity index is 0.000000978. The molecule has 15 heteroatoms. The maximum atomic E-state index is 16.1. The van der Waals surface area contributed by atoms with E-state index in [1.807, 2.05) is 34.7 Å². The van der Waals surface area contributed by atoms with E-state index in [1.54, 1.807) is 4.90 Å². The van der Waals surface area contributed by atoms with Gasteiger partial charge in [-0.1, -0.05) is 0 Å². The van der Waals surface area contributed by atoms with Gasteiger partial charge in [0.05, 0.1) is 22.4 Å². The van der Waals surface area contributed by atoms with Crippen LogP contribution in [0.4, 0.5) is 39.3 Å². The predicted molar refractivity (Wildman–Crippen MR) is 158 cm³/mol. The topological polar surface area (TPSA) is 119 Å². The molecule has 3 aromatic rings. The zero-order valence-electron chi connectivity index (χ0n) is 25.3. The number of ether oxygens (including phenoxy) is 1. The van der Waals surface area contributed by atoms with Crippen LogP contribution in [-0.2, 0) is 18.0 Å². The lowest BCUT2D eigenvalue weighted by Gasteiger charge is -2.44. The minimum atomic E-state index is -5.04. The summed E-state index contributed by atoms with van der Waals surface area (Å²) in [4.78, 5) is 36.3. The molecule has 44 heavy (non-hydrogen) atoms. The smallest absolute Gasteiger partial charge is 0.382 e. The summed E-state index contributed by atoms with van der Waals surface area (Å²) >= 11 is 0. The third-order valence-corrected chi connectivity index (χ3v) is 7.28. The van der Waals surface area contributed by atoms with Crippen molar-refractivity contribution in [3.63, 3.8) is 0 Å². The zero-order valence-corrected chi connectivity index (χ0v) is 25.3. The summed E-state index contributed by atoms with van der Waals surface area (Å²) in [5, 5.41) is 2.22. The summed E-state index contributed by atoms with van der Waals surface area (Å²) in [6, 6.07) is 1.21. The number of halogens is 5. The molecule has 2 aromatic heterocycles. The number of carbonyl (C=O) groups is 1. The van der Waals surface area contributed by atoms with Crippen LogP contribution in [0.1, 0.15) is 43.6 Å². The predicted octanol–water partition coefficient (Wildman–Crippen LogP) is 4.55. The third-order valence-electron chi connectivity index (χ3n) is 7.28. The number of benzene rings is 1. The number of nitrogens with two attached hydrogens (primary N) is 1. The first-order valence-corrected chi connectivity index (χ1v) is 13.8. The molecule has 3 N–H and O–H groups in total. The van der Waals surface area contributed by atoms with E-state index in [0.29, 0.717) is 13.1 Å². The summed E-state index contributed by atoms with van der Waals surface area (Å²) in [7, 11) is 3.08. The van der Waals surface area contributed by atoms with Gasteiger partial charge in [-0.15, -0.1) is 0 Å². The molecule has 0 saturated carbocycles. The summed E-state index contributed by atoms with van der Waals surface area (Å²) in [5.41, 5.74) is 0.825. The van der Waals surface area contributed by atoms with Crippen molar-refractivity contribution in [2.45, 2.75) is 46.0 Å². The molecule has 1 aliphatic heterocycles. The lowest BCUT2D eigenvalue weighted by molar-refractivity contribution is -0.138. The van der Waals surface area contributed by atoms with Gasteiger partial charge in [0.15, 0.2) is 5.82 Å². The van der Waals surface area contributed by atoms with E-state index >= 15 is 8.78 Å². The minimum absolute atomic E-state index is 0.0471. The van der Waals surface area contributed by atoms with Crippen LogP contribution in [0.3, 0.4) is 0 Å². The van der Waals surface area contributed by atoms with Crippen LogP contribution >= 0.6 is 0 Å². The SMILES string of the molecule is CCOCC.C[C@@H]1CN(c2cc(F)c(-c3cnc(N)nc3)c(F)c2NC(=O)c2cn(C)c(=O)cc2C(F)(F)F)C[C@H](C)N1C. The Kier molecular flexibility index (Phi) is 11.0. The van der Waals surface area contributed by atoms with E-state index in [9.17, 15) is 22.8 Å². The second-order valence-electron chi connectivity index (χ2n) is 10.3. The van der Waals surface area contributed by atoms with E-state index in [4.69, 9.17) is 10.5 Å². The van der Waals surface area contributed by atoms with Gasteiger partial charge in [-0.25, -0.2) is 18.7 Å². The van der Waals surface area contributed by atoms with E-state index in [-0.39, 0.29) is 35.3 Å². The van der Waals surface area contributed by atoms with Crippen molar-refractivity contribution in [1.29, 1.82) is 0 Å². The van der Waals surface area contributed by atoms with E-state index < -0.39 is 51.7 Å². The van der Waals surface area contributed by atoms with E-state index in [0.717, 1.165) is 42.4 Å². The highest BCUT2D eigenvalue weighted by Crippen LogP contribution is 2.40. The van der Waals surface area contributed by atoms with Gasteiger partial charge in [-0.3, -0.25) is 14.5 Å². The third kappa shape index (κ3) is 7.69. The number of pyridine rings is 1. The normalized spacial score (nSPS) is 17.2. The lowest BCUT2D eigenvalue weighted by Crippen LogP contribution is -2.55. The van der Waals surface area contributed by atoms with Crippen molar-refractivity contribution in [2.75, 3.05) is 49.3 Å². The monoisotopic (exact) mass is 625 g/mol. The van der Waals surface area contributed by atoms with Crippen LogP contribution in [0.2, 0.25) is 0 Å². The van der Waals surface area contributed by atoms with Gasteiger partial charge in [0, 0.05) is 81.7 Å². The molecular weight excluding hydrogens is 589 g/mol. The van der Waals surface area contributed by atoms with Gasteiger partial charge < -0.3 is 25.3 Å². The molecule has 1 amide bonds. The van der Waals surface area contributed by atoms with Gasteiger partial charge in [0.25, 0.3) is 11.5 Å². The van der Waals surface area contributed by atoms with E-state index in [2.05, 4.69) is 20.2 Å². The molecule has 3 heterocycles. The molecule has 0 aliphatic carbocycles. The molecule has 1 aromatic carbocycles. The van der Waals surface area contributed by atoms with Crippen LogP contribution in [0.15, 0.2) is 35.5 Å². The Morgan fingerprint density at radius 1 is 1.07 bits per heavy atom. The van der Waals surface area contributed by atoms with Crippen molar-refractivity contribution >= 4 is 23.2 Å². The van der Waals surface area contributed by atoms with Gasteiger partial charge in [0.2, 0.25) is 5.95 Å². The van der Waals surface area contributed by atoms with Crippen molar-refractivity contribution in [2.24, 2.45) is 7.05 Å². The minimum Gasteiger partial charge on any atom is -0.382 e. The number of nitrogen functional groups attached to an aromatic ring is 1. The molecule has 4 rings (SSSR count). The maximum Gasteiger partial charge on any atom is 0.417 e. The van der Waals surface area contributed by atoms with Crippen LogP contribution in [-0.4, -0.2) is 70.8 Å².